The van der Waals surface area contributed by atoms with E-state index in [0.29, 0.717) is 39.1 Å². The van der Waals surface area contributed by atoms with Crippen molar-refractivity contribution in [2.45, 2.75) is 6.54 Å². The lowest BCUT2D eigenvalue weighted by atomic mass is 10.1. The molecule has 0 saturated heterocycles. The van der Waals surface area contributed by atoms with Crippen LogP contribution in [0.3, 0.4) is 0 Å². The minimum atomic E-state index is -0.386. The van der Waals surface area contributed by atoms with Gasteiger partial charge in [0, 0.05) is 10.6 Å². The lowest BCUT2D eigenvalue weighted by Gasteiger charge is -2.04. The van der Waals surface area contributed by atoms with E-state index in [1.165, 1.54) is 10.7 Å². The number of pyridine rings is 1. The average molecular weight is 435 g/mol. The maximum absolute atomic E-state index is 14.8. The van der Waals surface area contributed by atoms with Gasteiger partial charge < -0.3 is 4.74 Å². The summed E-state index contributed by atoms with van der Waals surface area (Å²) >= 11 is 5.99. The molecular weight excluding hydrogens is 417 g/mol. The fraction of sp³-hybridized carbons (Fsp3) is 0.0833. The van der Waals surface area contributed by atoms with Crippen LogP contribution in [0.2, 0.25) is 5.02 Å². The summed E-state index contributed by atoms with van der Waals surface area (Å²) in [4.78, 5) is 13.4. The van der Waals surface area contributed by atoms with Crippen molar-refractivity contribution in [3.8, 4) is 11.4 Å². The van der Waals surface area contributed by atoms with E-state index in [4.69, 9.17) is 16.3 Å². The normalized spacial score (nSPS) is 11.3. The molecule has 0 aliphatic carbocycles. The van der Waals surface area contributed by atoms with Crippen LogP contribution in [0, 0.1) is 5.82 Å². The molecule has 0 aliphatic rings. The van der Waals surface area contributed by atoms with Gasteiger partial charge in [0.05, 0.1) is 23.6 Å². The number of nitrogens with one attached hydrogen (secondary N) is 1. The Morgan fingerprint density at radius 3 is 2.52 bits per heavy atom. The number of aromatic amines is 1. The second-order valence-electron chi connectivity index (χ2n) is 7.26. The fourth-order valence-electron chi connectivity index (χ4n) is 3.84. The number of aromatic nitrogens is 3. The Kier molecular flexibility index (Phi) is 4.71. The first-order chi connectivity index (χ1) is 15.0. The summed E-state index contributed by atoms with van der Waals surface area (Å²) < 4.78 is 23.3. The minimum Gasteiger partial charge on any atom is -0.497 e. The molecule has 2 aromatic heterocycles. The van der Waals surface area contributed by atoms with E-state index in [9.17, 15) is 9.18 Å². The summed E-state index contributed by atoms with van der Waals surface area (Å²) in [5.41, 5.74) is 2.18. The van der Waals surface area contributed by atoms with Crippen LogP contribution < -0.4 is 14.9 Å². The maximum atomic E-state index is 14.8. The van der Waals surface area contributed by atoms with Crippen molar-refractivity contribution in [1.82, 2.24) is 9.78 Å². The molecule has 0 bridgehead atoms. The molecule has 5 rings (SSSR count). The van der Waals surface area contributed by atoms with Crippen molar-refractivity contribution in [3.63, 3.8) is 0 Å². The van der Waals surface area contributed by atoms with E-state index in [2.05, 4.69) is 5.10 Å². The number of methoxy groups -OCH3 is 1. The van der Waals surface area contributed by atoms with E-state index < -0.39 is 0 Å². The lowest BCUT2D eigenvalue weighted by molar-refractivity contribution is -0.661. The minimum absolute atomic E-state index is 0.268. The van der Waals surface area contributed by atoms with Crippen LogP contribution in [0.4, 0.5) is 4.39 Å². The summed E-state index contributed by atoms with van der Waals surface area (Å²) in [6.07, 6.45) is 1.81. The molecule has 31 heavy (non-hydrogen) atoms. The van der Waals surface area contributed by atoms with Crippen molar-refractivity contribution in [1.29, 1.82) is 0 Å². The molecule has 0 unspecified atom stereocenters. The Balaban J connectivity index is 1.77. The third-order valence-corrected chi connectivity index (χ3v) is 5.59. The maximum Gasteiger partial charge on any atom is 0.344 e. The van der Waals surface area contributed by atoms with E-state index in [1.54, 1.807) is 37.4 Å². The third kappa shape index (κ3) is 3.35. The number of rotatable bonds is 4. The molecular formula is C24H18ClFN3O2+. The van der Waals surface area contributed by atoms with Gasteiger partial charge in [0.15, 0.2) is 12.7 Å². The first-order valence-electron chi connectivity index (χ1n) is 9.69. The molecule has 1 N–H and O–H groups in total. The van der Waals surface area contributed by atoms with E-state index in [1.807, 2.05) is 41.1 Å². The highest BCUT2D eigenvalue weighted by Crippen LogP contribution is 2.24. The quantitative estimate of drug-likeness (QED) is 0.420. The van der Waals surface area contributed by atoms with E-state index in [0.717, 1.165) is 11.3 Å². The van der Waals surface area contributed by atoms with Crippen molar-refractivity contribution in [2.75, 3.05) is 7.11 Å². The molecule has 0 aliphatic heterocycles. The first kappa shape index (κ1) is 19.3. The SMILES string of the molecule is COc1ccc(C[n+]2cc3cccc(F)c3c3[nH]n(-c4ccc(Cl)cc4)c(=O)c32)cc1. The number of halogens is 2. The summed E-state index contributed by atoms with van der Waals surface area (Å²) in [6.45, 7) is 0.445. The number of nitrogens with zero attached hydrogens (tertiary/aromatic N) is 2. The zero-order chi connectivity index (χ0) is 21.5. The van der Waals surface area contributed by atoms with Crippen molar-refractivity contribution < 1.29 is 13.7 Å². The smallest absolute Gasteiger partial charge is 0.344 e. The largest absolute Gasteiger partial charge is 0.497 e. The zero-order valence-electron chi connectivity index (χ0n) is 16.6. The van der Waals surface area contributed by atoms with Gasteiger partial charge in [-0.05, 0) is 60.7 Å². The van der Waals surface area contributed by atoms with Gasteiger partial charge in [0.25, 0.3) is 5.52 Å². The van der Waals surface area contributed by atoms with Gasteiger partial charge in [0.2, 0.25) is 0 Å². The van der Waals surface area contributed by atoms with Gasteiger partial charge in [-0.15, -0.1) is 0 Å². The van der Waals surface area contributed by atoms with Gasteiger partial charge in [-0.25, -0.2) is 9.07 Å². The van der Waals surface area contributed by atoms with Gasteiger partial charge in [-0.3, -0.25) is 9.89 Å². The number of H-pyrrole nitrogens is 1. The molecule has 0 radical (unpaired) electrons. The van der Waals surface area contributed by atoms with Crippen molar-refractivity contribution in [3.05, 3.63) is 99.7 Å². The molecule has 0 amide bonds. The Morgan fingerprint density at radius 1 is 1.06 bits per heavy atom. The molecule has 154 valence electrons. The monoisotopic (exact) mass is 434 g/mol. The van der Waals surface area contributed by atoms with Crippen LogP contribution in [0.15, 0.2) is 77.7 Å². The number of benzene rings is 3. The van der Waals surface area contributed by atoms with Crippen molar-refractivity contribution in [2.24, 2.45) is 0 Å². The molecule has 0 spiro atoms. The van der Waals surface area contributed by atoms with Crippen LogP contribution in [0.25, 0.3) is 27.5 Å². The Bertz CT molecular complexity index is 1470. The summed E-state index contributed by atoms with van der Waals surface area (Å²) in [7, 11) is 1.62. The highest BCUT2D eigenvalue weighted by molar-refractivity contribution is 6.30. The van der Waals surface area contributed by atoms with E-state index in [-0.39, 0.29) is 11.4 Å². The number of ether oxygens (including phenoxy) is 1. The molecule has 0 fully saturated rings. The number of hydrogen-bond acceptors (Lipinski definition) is 2. The Labute approximate surface area is 181 Å². The van der Waals surface area contributed by atoms with Gasteiger partial charge >= 0.3 is 5.56 Å². The van der Waals surface area contributed by atoms with E-state index >= 15 is 0 Å². The Hall–Kier alpha value is -3.64. The topological polar surface area (TPSA) is 50.9 Å². The van der Waals surface area contributed by atoms with Crippen LogP contribution in [-0.2, 0) is 6.54 Å². The highest BCUT2D eigenvalue weighted by Gasteiger charge is 2.24. The van der Waals surface area contributed by atoms with Gasteiger partial charge in [-0.1, -0.05) is 17.7 Å². The number of fused-ring (bicyclic) bond motifs is 3. The summed E-state index contributed by atoms with van der Waals surface area (Å²) in [5, 5.41) is 4.76. The van der Waals surface area contributed by atoms with Crippen LogP contribution in [0.1, 0.15) is 5.56 Å². The third-order valence-electron chi connectivity index (χ3n) is 5.34. The number of hydrogen-bond donors (Lipinski definition) is 1. The van der Waals surface area contributed by atoms with Gasteiger partial charge in [0.1, 0.15) is 17.1 Å². The fourth-order valence-corrected chi connectivity index (χ4v) is 3.96. The van der Waals surface area contributed by atoms with Crippen LogP contribution in [-0.4, -0.2) is 16.9 Å². The molecule has 3 aromatic carbocycles. The van der Waals surface area contributed by atoms with Crippen LogP contribution >= 0.6 is 11.6 Å². The average Bonchev–Trinajstić information content (AvgIpc) is 3.12. The molecule has 0 saturated carbocycles. The predicted octanol–water partition coefficient (Wildman–Crippen LogP) is 4.61. The molecule has 0 atom stereocenters. The lowest BCUT2D eigenvalue weighted by Crippen LogP contribution is -2.38. The molecule has 5 aromatic rings. The zero-order valence-corrected chi connectivity index (χ0v) is 17.4. The first-order valence-corrected chi connectivity index (χ1v) is 10.1. The second-order valence-corrected chi connectivity index (χ2v) is 7.70. The Morgan fingerprint density at radius 2 is 1.81 bits per heavy atom. The summed E-state index contributed by atoms with van der Waals surface area (Å²) in [6, 6.07) is 19.4. The van der Waals surface area contributed by atoms with Crippen molar-refractivity contribution >= 4 is 33.4 Å². The highest BCUT2D eigenvalue weighted by atomic mass is 35.5. The molecule has 2 heterocycles. The standard InChI is InChI=1S/C24H17ClFN3O2/c1-31-19-11-5-15(6-12-19)13-28-14-16-3-2-4-20(26)21(16)22-23(28)24(30)29(27-22)18-9-7-17(25)8-10-18/h2-12,14H,13H2,1H3/p+1. The predicted molar refractivity (Wildman–Crippen MR) is 119 cm³/mol. The van der Waals surface area contributed by atoms with Crippen LogP contribution in [0.5, 0.6) is 5.75 Å². The van der Waals surface area contributed by atoms with Gasteiger partial charge in [-0.2, -0.15) is 4.57 Å². The second kappa shape index (κ2) is 7.56. The molecule has 7 heteroatoms. The summed E-state index contributed by atoms with van der Waals surface area (Å²) in [5.74, 6) is 0.370. The molecule has 5 nitrogen and oxygen atoms in total.